The van der Waals surface area contributed by atoms with E-state index in [0.717, 1.165) is 33.2 Å². The summed E-state index contributed by atoms with van der Waals surface area (Å²) in [6, 6.07) is 20.7. The van der Waals surface area contributed by atoms with Gasteiger partial charge in [0.15, 0.2) is 0 Å². The zero-order valence-corrected chi connectivity index (χ0v) is 16.1. The monoisotopic (exact) mass is 372 g/mol. The molecule has 2 heterocycles. The van der Waals surface area contributed by atoms with Gasteiger partial charge >= 0.3 is 0 Å². The second kappa shape index (κ2) is 7.68. The highest BCUT2D eigenvalue weighted by Crippen LogP contribution is 2.29. The quantitative estimate of drug-likeness (QED) is 0.503. The van der Waals surface area contributed by atoms with Crippen LogP contribution in [0.3, 0.4) is 0 Å². The molecule has 0 radical (unpaired) electrons. The van der Waals surface area contributed by atoms with Crippen molar-refractivity contribution >= 4 is 17.3 Å². The van der Waals surface area contributed by atoms with Crippen LogP contribution >= 0.6 is 11.3 Å². The molecule has 0 aliphatic heterocycles. The maximum Gasteiger partial charge on any atom is 0.223 e. The molecule has 2 aromatic heterocycles. The Bertz CT molecular complexity index is 1040. The lowest BCUT2D eigenvalue weighted by molar-refractivity contribution is 1.00. The fourth-order valence-corrected chi connectivity index (χ4v) is 3.77. The van der Waals surface area contributed by atoms with Crippen molar-refractivity contribution in [2.45, 2.75) is 20.4 Å². The van der Waals surface area contributed by atoms with Gasteiger partial charge in [-0.15, -0.1) is 11.3 Å². The van der Waals surface area contributed by atoms with Gasteiger partial charge in [-0.25, -0.2) is 15.0 Å². The van der Waals surface area contributed by atoms with Gasteiger partial charge in [0.2, 0.25) is 5.95 Å². The number of nitrogens with zero attached hydrogens (tertiary/aromatic N) is 3. The van der Waals surface area contributed by atoms with E-state index in [4.69, 9.17) is 4.98 Å². The van der Waals surface area contributed by atoms with Crippen molar-refractivity contribution in [3.8, 4) is 21.8 Å². The molecule has 4 rings (SSSR count). The number of nitrogens with one attached hydrogen (secondary N) is 1. The van der Waals surface area contributed by atoms with E-state index in [0.29, 0.717) is 12.5 Å². The van der Waals surface area contributed by atoms with Crippen LogP contribution < -0.4 is 5.32 Å². The van der Waals surface area contributed by atoms with Gasteiger partial charge in [0.25, 0.3) is 0 Å². The molecule has 0 amide bonds. The Kier molecular flexibility index (Phi) is 4.94. The summed E-state index contributed by atoms with van der Waals surface area (Å²) in [5.74, 6) is 0.665. The zero-order valence-electron chi connectivity index (χ0n) is 15.3. The summed E-state index contributed by atoms with van der Waals surface area (Å²) in [7, 11) is 0. The van der Waals surface area contributed by atoms with Crippen molar-refractivity contribution in [3.05, 3.63) is 83.0 Å². The van der Waals surface area contributed by atoms with E-state index in [1.165, 1.54) is 5.56 Å². The molecule has 4 aromatic rings. The highest BCUT2D eigenvalue weighted by molar-refractivity contribution is 7.13. The van der Waals surface area contributed by atoms with Crippen LogP contribution in [0.1, 0.15) is 17.0 Å². The minimum Gasteiger partial charge on any atom is -0.350 e. The lowest BCUT2D eigenvalue weighted by atomic mass is 10.1. The first-order chi connectivity index (χ1) is 13.2. The molecule has 0 unspecified atom stereocenters. The molecule has 0 saturated heterocycles. The number of thiazole rings is 1. The van der Waals surface area contributed by atoms with Gasteiger partial charge in [0.05, 0.1) is 5.69 Å². The van der Waals surface area contributed by atoms with Crippen LogP contribution in [-0.4, -0.2) is 15.0 Å². The molecular formula is C22H20N4S. The van der Waals surface area contributed by atoms with Crippen LogP contribution in [0.2, 0.25) is 0 Å². The van der Waals surface area contributed by atoms with Crippen LogP contribution in [0.5, 0.6) is 0 Å². The molecule has 4 nitrogen and oxygen atoms in total. The molecule has 5 heteroatoms. The normalized spacial score (nSPS) is 10.7. The number of anilines is 1. The Hall–Kier alpha value is -3.05. The third-order valence-corrected chi connectivity index (χ3v) is 5.07. The summed E-state index contributed by atoms with van der Waals surface area (Å²) in [4.78, 5) is 13.7. The minimum absolute atomic E-state index is 0.665. The highest BCUT2D eigenvalue weighted by atomic mass is 32.1. The zero-order chi connectivity index (χ0) is 18.6. The van der Waals surface area contributed by atoms with Gasteiger partial charge in [0, 0.05) is 34.4 Å². The second-order valence-corrected chi connectivity index (χ2v) is 7.29. The summed E-state index contributed by atoms with van der Waals surface area (Å²) in [5, 5.41) is 6.45. The summed E-state index contributed by atoms with van der Waals surface area (Å²) in [6.07, 6.45) is 0. The van der Waals surface area contributed by atoms with E-state index in [1.807, 2.05) is 38.1 Å². The maximum absolute atomic E-state index is 4.81. The summed E-state index contributed by atoms with van der Waals surface area (Å²) >= 11 is 1.67. The predicted molar refractivity (Wildman–Crippen MR) is 112 cm³/mol. The Balaban J connectivity index is 1.52. The average Bonchev–Trinajstić information content (AvgIpc) is 3.17. The second-order valence-electron chi connectivity index (χ2n) is 6.43. The summed E-state index contributed by atoms with van der Waals surface area (Å²) in [6.45, 7) is 4.63. The number of aromatic nitrogens is 3. The third-order valence-electron chi connectivity index (χ3n) is 4.18. The van der Waals surface area contributed by atoms with Crippen molar-refractivity contribution in [3.63, 3.8) is 0 Å². The van der Waals surface area contributed by atoms with Gasteiger partial charge in [-0.3, -0.25) is 0 Å². The molecule has 0 aliphatic rings. The lowest BCUT2D eigenvalue weighted by Crippen LogP contribution is -2.05. The number of aryl methyl sites for hydroxylation is 2. The van der Waals surface area contributed by atoms with E-state index in [2.05, 4.69) is 57.1 Å². The molecule has 0 atom stereocenters. The van der Waals surface area contributed by atoms with Crippen molar-refractivity contribution in [2.24, 2.45) is 0 Å². The molecule has 2 aromatic carbocycles. The van der Waals surface area contributed by atoms with Crippen molar-refractivity contribution in [1.29, 1.82) is 0 Å². The molecule has 134 valence electrons. The van der Waals surface area contributed by atoms with Gasteiger partial charge < -0.3 is 5.32 Å². The molecule has 0 saturated carbocycles. The van der Waals surface area contributed by atoms with Gasteiger partial charge in [-0.2, -0.15) is 0 Å². The number of hydrogen-bond donors (Lipinski definition) is 1. The predicted octanol–water partition coefficient (Wildman–Crippen LogP) is 5.50. The molecule has 1 N–H and O–H groups in total. The Labute approximate surface area is 163 Å². The van der Waals surface area contributed by atoms with Crippen LogP contribution in [-0.2, 0) is 6.54 Å². The van der Waals surface area contributed by atoms with E-state index in [1.54, 1.807) is 11.3 Å². The first-order valence-corrected chi connectivity index (χ1v) is 9.72. The van der Waals surface area contributed by atoms with Crippen LogP contribution in [0.15, 0.2) is 66.0 Å². The van der Waals surface area contributed by atoms with E-state index in [9.17, 15) is 0 Å². The molecule has 0 spiro atoms. The van der Waals surface area contributed by atoms with Gasteiger partial charge in [-0.05, 0) is 31.5 Å². The van der Waals surface area contributed by atoms with E-state index < -0.39 is 0 Å². The number of rotatable bonds is 5. The summed E-state index contributed by atoms with van der Waals surface area (Å²) < 4.78 is 0. The molecule has 0 aliphatic carbocycles. The Morgan fingerprint density at radius 2 is 1.56 bits per heavy atom. The average molecular weight is 372 g/mol. The molecule has 0 bridgehead atoms. The maximum atomic E-state index is 4.81. The molecule has 0 fully saturated rings. The standard InChI is InChI=1S/C22H20N4S/c1-15-11-16(2)25-22(24-15)23-13-17-7-6-10-19(12-17)21-26-20(14-27-21)18-8-4-3-5-9-18/h3-12,14H,13H2,1-2H3,(H,23,24,25). The Morgan fingerprint density at radius 3 is 2.33 bits per heavy atom. The molecular weight excluding hydrogens is 352 g/mol. The fourth-order valence-electron chi connectivity index (χ4n) is 2.95. The first-order valence-electron chi connectivity index (χ1n) is 8.84. The SMILES string of the molecule is Cc1cc(C)nc(NCc2cccc(-c3nc(-c4ccccc4)cs3)c2)n1. The number of hydrogen-bond acceptors (Lipinski definition) is 5. The van der Waals surface area contributed by atoms with E-state index in [-0.39, 0.29) is 0 Å². The minimum atomic E-state index is 0.665. The highest BCUT2D eigenvalue weighted by Gasteiger charge is 2.07. The van der Waals surface area contributed by atoms with Gasteiger partial charge in [-0.1, -0.05) is 48.5 Å². The van der Waals surface area contributed by atoms with Crippen LogP contribution in [0.4, 0.5) is 5.95 Å². The van der Waals surface area contributed by atoms with Crippen LogP contribution in [0.25, 0.3) is 21.8 Å². The van der Waals surface area contributed by atoms with Crippen molar-refractivity contribution in [2.75, 3.05) is 5.32 Å². The smallest absolute Gasteiger partial charge is 0.223 e. The third kappa shape index (κ3) is 4.20. The van der Waals surface area contributed by atoms with E-state index >= 15 is 0 Å². The number of benzene rings is 2. The largest absolute Gasteiger partial charge is 0.350 e. The first kappa shape index (κ1) is 17.4. The van der Waals surface area contributed by atoms with Crippen molar-refractivity contribution in [1.82, 2.24) is 15.0 Å². The van der Waals surface area contributed by atoms with Crippen molar-refractivity contribution < 1.29 is 0 Å². The van der Waals surface area contributed by atoms with Crippen LogP contribution in [0, 0.1) is 13.8 Å². The fraction of sp³-hybridized carbons (Fsp3) is 0.136. The lowest BCUT2D eigenvalue weighted by Gasteiger charge is -2.07. The summed E-state index contributed by atoms with van der Waals surface area (Å²) in [5.41, 5.74) is 6.40. The Morgan fingerprint density at radius 1 is 0.815 bits per heavy atom. The molecule has 27 heavy (non-hydrogen) atoms. The van der Waals surface area contributed by atoms with Gasteiger partial charge in [0.1, 0.15) is 5.01 Å². The topological polar surface area (TPSA) is 50.7 Å².